The van der Waals surface area contributed by atoms with Gasteiger partial charge in [-0.3, -0.25) is 4.79 Å². The normalized spacial score (nSPS) is 11.2. The van der Waals surface area contributed by atoms with Crippen molar-refractivity contribution in [3.63, 3.8) is 0 Å². The Hall–Kier alpha value is -3.37. The summed E-state index contributed by atoms with van der Waals surface area (Å²) in [6.45, 7) is 1.59. The first kappa shape index (κ1) is 16.8. The zero-order valence-corrected chi connectivity index (χ0v) is 16.1. The van der Waals surface area contributed by atoms with Gasteiger partial charge in [-0.2, -0.15) is 0 Å². The first-order valence-electron chi connectivity index (χ1n) is 9.08. The van der Waals surface area contributed by atoms with Crippen LogP contribution in [-0.4, -0.2) is 5.78 Å². The van der Waals surface area contributed by atoms with Crippen LogP contribution in [0.15, 0.2) is 89.3 Å². The molecule has 2 aromatic heterocycles. The second kappa shape index (κ2) is 6.66. The molecule has 0 amide bonds. The zero-order chi connectivity index (χ0) is 19.1. The van der Waals surface area contributed by atoms with Gasteiger partial charge in [0.1, 0.15) is 11.2 Å². The van der Waals surface area contributed by atoms with Gasteiger partial charge in [-0.1, -0.05) is 36.4 Å². The van der Waals surface area contributed by atoms with Gasteiger partial charge in [0.05, 0.1) is 9.58 Å². The molecule has 0 aliphatic carbocycles. The third-order valence-corrected chi connectivity index (χ3v) is 6.01. The van der Waals surface area contributed by atoms with Gasteiger partial charge < -0.3 is 9.32 Å². The average Bonchev–Trinajstić information content (AvgIpc) is 3.28. The van der Waals surface area contributed by atoms with Gasteiger partial charge in [-0.05, 0) is 43.3 Å². The monoisotopic (exact) mass is 383 g/mol. The first-order valence-corrected chi connectivity index (χ1v) is 9.89. The molecular weight excluding hydrogens is 366 g/mol. The van der Waals surface area contributed by atoms with Crippen molar-refractivity contribution in [1.82, 2.24) is 0 Å². The fourth-order valence-corrected chi connectivity index (χ4v) is 4.46. The Labute approximate surface area is 166 Å². The number of thiophene rings is 1. The van der Waals surface area contributed by atoms with Crippen LogP contribution in [-0.2, 0) is 0 Å². The van der Waals surface area contributed by atoms with Crippen molar-refractivity contribution >= 4 is 55.4 Å². The molecule has 0 unspecified atom stereocenters. The molecule has 0 aliphatic rings. The molecule has 5 rings (SSSR count). The maximum atomic E-state index is 11.7. The molecule has 0 bridgehead atoms. The number of hydrogen-bond acceptors (Lipinski definition) is 4. The van der Waals surface area contributed by atoms with Crippen molar-refractivity contribution in [2.45, 2.75) is 6.92 Å². The summed E-state index contributed by atoms with van der Waals surface area (Å²) < 4.78 is 7.10. The van der Waals surface area contributed by atoms with E-state index in [1.165, 1.54) is 11.3 Å². The lowest BCUT2D eigenvalue weighted by Gasteiger charge is -2.25. The summed E-state index contributed by atoms with van der Waals surface area (Å²) in [6, 6.07) is 28.6. The number of carbonyl (C=O) groups excluding carboxylic acids is 1. The molecule has 5 aromatic rings. The van der Waals surface area contributed by atoms with E-state index in [-0.39, 0.29) is 5.78 Å². The Balaban J connectivity index is 1.67. The molecule has 0 fully saturated rings. The maximum Gasteiger partial charge on any atom is 0.169 e. The predicted molar refractivity (Wildman–Crippen MR) is 116 cm³/mol. The summed E-state index contributed by atoms with van der Waals surface area (Å²) in [5.41, 5.74) is 4.79. The van der Waals surface area contributed by atoms with Crippen LogP contribution in [0.2, 0.25) is 0 Å². The van der Waals surface area contributed by atoms with E-state index >= 15 is 0 Å². The van der Waals surface area contributed by atoms with E-state index in [1.54, 1.807) is 6.92 Å². The highest BCUT2D eigenvalue weighted by Crippen LogP contribution is 2.40. The predicted octanol–water partition coefficient (Wildman–Crippen LogP) is 7.32. The van der Waals surface area contributed by atoms with Gasteiger partial charge >= 0.3 is 0 Å². The number of anilines is 3. The third-order valence-electron chi connectivity index (χ3n) is 4.76. The first-order chi connectivity index (χ1) is 13.7. The highest BCUT2D eigenvalue weighted by atomic mass is 32.1. The lowest BCUT2D eigenvalue weighted by molar-refractivity contribution is 0.102. The van der Waals surface area contributed by atoms with Gasteiger partial charge in [-0.15, -0.1) is 11.3 Å². The van der Waals surface area contributed by atoms with Crippen molar-refractivity contribution in [3.05, 3.63) is 89.8 Å². The fourth-order valence-electron chi connectivity index (χ4n) is 3.45. The Kier molecular flexibility index (Phi) is 3.99. The van der Waals surface area contributed by atoms with Gasteiger partial charge in [0.25, 0.3) is 0 Å². The Morgan fingerprint density at radius 1 is 0.786 bits per heavy atom. The quantitative estimate of drug-likeness (QED) is 0.305. The van der Waals surface area contributed by atoms with E-state index < -0.39 is 0 Å². The molecule has 0 saturated heterocycles. The van der Waals surface area contributed by atoms with Crippen molar-refractivity contribution in [3.8, 4) is 0 Å². The number of hydrogen-bond donors (Lipinski definition) is 0. The van der Waals surface area contributed by atoms with Gasteiger partial charge in [0.2, 0.25) is 0 Å². The Morgan fingerprint density at radius 2 is 1.43 bits per heavy atom. The summed E-state index contributed by atoms with van der Waals surface area (Å²) >= 11 is 1.49. The molecule has 0 radical (unpaired) electrons. The second-order valence-electron chi connectivity index (χ2n) is 6.65. The minimum absolute atomic E-state index is 0.0699. The number of furan rings is 1. The molecule has 136 valence electrons. The molecule has 3 aromatic carbocycles. The molecule has 28 heavy (non-hydrogen) atoms. The van der Waals surface area contributed by atoms with E-state index in [2.05, 4.69) is 47.4 Å². The lowest BCUT2D eigenvalue weighted by Crippen LogP contribution is -2.09. The topological polar surface area (TPSA) is 33.5 Å². The van der Waals surface area contributed by atoms with Crippen LogP contribution in [0.4, 0.5) is 17.1 Å². The van der Waals surface area contributed by atoms with Crippen molar-refractivity contribution in [2.24, 2.45) is 0 Å². The minimum Gasteiger partial charge on any atom is -0.455 e. The SMILES string of the molecule is CC(=O)c1cc2oc3cc(N(c4ccccc4)c4ccccc4)ccc3c2s1. The fraction of sp³-hybridized carbons (Fsp3) is 0.0417. The van der Waals surface area contributed by atoms with E-state index in [0.717, 1.165) is 43.2 Å². The zero-order valence-electron chi connectivity index (χ0n) is 15.3. The Bertz CT molecular complexity index is 1250. The van der Waals surface area contributed by atoms with Crippen molar-refractivity contribution in [1.29, 1.82) is 0 Å². The minimum atomic E-state index is 0.0699. The Morgan fingerprint density at radius 3 is 2.04 bits per heavy atom. The number of rotatable bonds is 4. The molecule has 0 aliphatic heterocycles. The van der Waals surface area contributed by atoms with Crippen LogP contribution in [0.1, 0.15) is 16.6 Å². The van der Waals surface area contributed by atoms with Gasteiger partial charge in [-0.25, -0.2) is 0 Å². The summed E-state index contributed by atoms with van der Waals surface area (Å²) in [4.78, 5) is 14.6. The van der Waals surface area contributed by atoms with Crippen molar-refractivity contribution in [2.75, 3.05) is 4.90 Å². The summed E-state index contributed by atoms with van der Waals surface area (Å²) in [5.74, 6) is 0.0699. The largest absolute Gasteiger partial charge is 0.455 e. The van der Waals surface area contributed by atoms with Crippen LogP contribution < -0.4 is 4.90 Å². The number of nitrogens with zero attached hydrogens (tertiary/aromatic N) is 1. The smallest absolute Gasteiger partial charge is 0.169 e. The van der Waals surface area contributed by atoms with Crippen LogP contribution in [0.5, 0.6) is 0 Å². The van der Waals surface area contributed by atoms with E-state index in [4.69, 9.17) is 4.42 Å². The number of benzene rings is 3. The molecule has 0 spiro atoms. The third kappa shape index (κ3) is 2.79. The van der Waals surface area contributed by atoms with E-state index in [1.807, 2.05) is 42.5 Å². The summed E-state index contributed by atoms with van der Waals surface area (Å²) in [6.07, 6.45) is 0. The molecule has 2 heterocycles. The van der Waals surface area contributed by atoms with Gasteiger partial charge in [0, 0.05) is 34.6 Å². The number of fused-ring (bicyclic) bond motifs is 3. The van der Waals surface area contributed by atoms with Crippen LogP contribution in [0.3, 0.4) is 0 Å². The number of ketones is 1. The van der Waals surface area contributed by atoms with E-state index in [0.29, 0.717) is 0 Å². The second-order valence-corrected chi connectivity index (χ2v) is 7.70. The average molecular weight is 383 g/mol. The van der Waals surface area contributed by atoms with Crippen LogP contribution in [0, 0.1) is 0 Å². The summed E-state index contributed by atoms with van der Waals surface area (Å²) in [5, 5.41) is 1.04. The molecule has 0 saturated carbocycles. The maximum absolute atomic E-state index is 11.7. The molecule has 0 N–H and O–H groups in total. The van der Waals surface area contributed by atoms with Gasteiger partial charge in [0.15, 0.2) is 5.78 Å². The van der Waals surface area contributed by atoms with Crippen LogP contribution in [0.25, 0.3) is 21.3 Å². The number of carbonyl (C=O) groups is 1. The van der Waals surface area contributed by atoms with Crippen molar-refractivity contribution < 1.29 is 9.21 Å². The standard InChI is InChI=1S/C24H17NO2S/c1-16(26)23-15-22-24(28-23)20-13-12-19(14-21(20)27-22)25(17-8-4-2-5-9-17)18-10-6-3-7-11-18/h2-15H,1H3. The highest BCUT2D eigenvalue weighted by Gasteiger charge is 2.17. The number of para-hydroxylation sites is 2. The molecule has 3 nitrogen and oxygen atoms in total. The summed E-state index contributed by atoms with van der Waals surface area (Å²) in [7, 11) is 0. The number of Topliss-reactive ketones (excluding diaryl/α,β-unsaturated/α-hetero) is 1. The van der Waals surface area contributed by atoms with E-state index in [9.17, 15) is 4.79 Å². The lowest BCUT2D eigenvalue weighted by atomic mass is 10.1. The molecule has 4 heteroatoms. The highest BCUT2D eigenvalue weighted by molar-refractivity contribution is 7.21. The molecule has 0 atom stereocenters. The van der Waals surface area contributed by atoms with Crippen LogP contribution >= 0.6 is 11.3 Å². The molecular formula is C24H17NO2S.